The van der Waals surface area contributed by atoms with Crippen LogP contribution in [0.4, 0.5) is 0 Å². The van der Waals surface area contributed by atoms with Crippen molar-refractivity contribution in [3.8, 4) is 5.75 Å². The SMILES string of the molecule is Cc1c(O)cc2ccccc2c1C(C)(C)C. The van der Waals surface area contributed by atoms with Crippen molar-refractivity contribution in [2.75, 3.05) is 0 Å². The van der Waals surface area contributed by atoms with Gasteiger partial charge in [-0.1, -0.05) is 45.0 Å². The first-order chi connectivity index (χ1) is 7.41. The molecule has 84 valence electrons. The van der Waals surface area contributed by atoms with Crippen molar-refractivity contribution in [1.29, 1.82) is 0 Å². The fraction of sp³-hybridized carbons (Fsp3) is 0.333. The van der Waals surface area contributed by atoms with E-state index in [4.69, 9.17) is 0 Å². The monoisotopic (exact) mass is 214 g/mol. The minimum atomic E-state index is 0.0441. The van der Waals surface area contributed by atoms with Gasteiger partial charge in [0, 0.05) is 0 Å². The molecule has 0 radical (unpaired) electrons. The van der Waals surface area contributed by atoms with E-state index in [9.17, 15) is 5.11 Å². The van der Waals surface area contributed by atoms with Crippen molar-refractivity contribution in [2.24, 2.45) is 0 Å². The van der Waals surface area contributed by atoms with Crippen molar-refractivity contribution in [3.05, 3.63) is 41.5 Å². The van der Waals surface area contributed by atoms with Crippen LogP contribution in [0.5, 0.6) is 5.75 Å². The van der Waals surface area contributed by atoms with Gasteiger partial charge in [-0.25, -0.2) is 0 Å². The summed E-state index contributed by atoms with van der Waals surface area (Å²) in [5.74, 6) is 0.392. The van der Waals surface area contributed by atoms with Gasteiger partial charge in [0.25, 0.3) is 0 Å². The molecule has 2 aromatic rings. The number of fused-ring (bicyclic) bond motifs is 1. The highest BCUT2D eigenvalue weighted by Gasteiger charge is 2.21. The predicted molar refractivity (Wildman–Crippen MR) is 69.0 cm³/mol. The number of phenolic OH excluding ortho intramolecular Hbond substituents is 1. The van der Waals surface area contributed by atoms with Crippen LogP contribution in [0, 0.1) is 6.92 Å². The zero-order chi connectivity index (χ0) is 11.9. The Hall–Kier alpha value is -1.50. The molecule has 0 aliphatic heterocycles. The van der Waals surface area contributed by atoms with Crippen LogP contribution >= 0.6 is 0 Å². The summed E-state index contributed by atoms with van der Waals surface area (Å²) in [5.41, 5.74) is 2.27. The summed E-state index contributed by atoms with van der Waals surface area (Å²) in [6.07, 6.45) is 0. The van der Waals surface area contributed by atoms with E-state index in [0.717, 1.165) is 10.9 Å². The number of hydrogen-bond acceptors (Lipinski definition) is 1. The molecule has 1 nitrogen and oxygen atoms in total. The molecule has 0 amide bonds. The van der Waals surface area contributed by atoms with E-state index >= 15 is 0 Å². The maximum absolute atomic E-state index is 9.96. The second-order valence-corrected chi connectivity index (χ2v) is 5.37. The molecule has 0 aromatic heterocycles. The normalized spacial score (nSPS) is 12.0. The van der Waals surface area contributed by atoms with E-state index in [0.29, 0.717) is 5.75 Å². The van der Waals surface area contributed by atoms with Crippen LogP contribution in [-0.4, -0.2) is 5.11 Å². The van der Waals surface area contributed by atoms with Crippen LogP contribution in [0.2, 0.25) is 0 Å². The molecule has 0 aliphatic carbocycles. The largest absolute Gasteiger partial charge is 0.508 e. The van der Waals surface area contributed by atoms with Gasteiger partial charge in [-0.3, -0.25) is 0 Å². The molecule has 0 atom stereocenters. The fourth-order valence-corrected chi connectivity index (χ4v) is 2.40. The van der Waals surface area contributed by atoms with E-state index in [1.165, 1.54) is 10.9 Å². The lowest BCUT2D eigenvalue weighted by Gasteiger charge is -2.24. The Labute approximate surface area is 96.7 Å². The predicted octanol–water partition coefficient (Wildman–Crippen LogP) is 4.15. The van der Waals surface area contributed by atoms with Crippen LogP contribution in [0.15, 0.2) is 30.3 Å². The third-order valence-corrected chi connectivity index (χ3v) is 3.03. The summed E-state index contributed by atoms with van der Waals surface area (Å²) < 4.78 is 0. The van der Waals surface area contributed by atoms with Crippen LogP contribution in [-0.2, 0) is 5.41 Å². The second kappa shape index (κ2) is 3.51. The highest BCUT2D eigenvalue weighted by molar-refractivity contribution is 5.89. The van der Waals surface area contributed by atoms with E-state index in [2.05, 4.69) is 26.8 Å². The molecule has 0 fully saturated rings. The molecule has 0 unspecified atom stereocenters. The van der Waals surface area contributed by atoms with Crippen LogP contribution < -0.4 is 0 Å². The number of benzene rings is 2. The Morgan fingerprint density at radius 1 is 1.06 bits per heavy atom. The Bertz CT molecular complexity index is 533. The summed E-state index contributed by atoms with van der Waals surface area (Å²) in [6, 6.07) is 10.1. The third kappa shape index (κ3) is 1.67. The third-order valence-electron chi connectivity index (χ3n) is 3.03. The van der Waals surface area contributed by atoms with Crippen molar-refractivity contribution >= 4 is 10.8 Å². The lowest BCUT2D eigenvalue weighted by Crippen LogP contribution is -2.13. The van der Waals surface area contributed by atoms with E-state index in [1.54, 1.807) is 0 Å². The van der Waals surface area contributed by atoms with Crippen molar-refractivity contribution in [2.45, 2.75) is 33.1 Å². The first kappa shape index (κ1) is 11.0. The molecule has 0 spiro atoms. The number of rotatable bonds is 0. The van der Waals surface area contributed by atoms with Gasteiger partial charge in [0.2, 0.25) is 0 Å². The lowest BCUT2D eigenvalue weighted by atomic mass is 9.80. The quantitative estimate of drug-likeness (QED) is 0.698. The minimum absolute atomic E-state index is 0.0441. The Balaban J connectivity index is 2.93. The fourth-order valence-electron chi connectivity index (χ4n) is 2.40. The average molecular weight is 214 g/mol. The molecule has 0 bridgehead atoms. The van der Waals surface area contributed by atoms with Gasteiger partial charge in [-0.15, -0.1) is 0 Å². The molecule has 1 heteroatoms. The minimum Gasteiger partial charge on any atom is -0.508 e. The Morgan fingerprint density at radius 3 is 2.31 bits per heavy atom. The standard InChI is InChI=1S/C15H18O/c1-10-13(16)9-11-7-5-6-8-12(11)14(10)15(2,3)4/h5-9,16H,1-4H3. The van der Waals surface area contributed by atoms with E-state index < -0.39 is 0 Å². The first-order valence-electron chi connectivity index (χ1n) is 5.63. The van der Waals surface area contributed by atoms with Gasteiger partial charge in [0.05, 0.1) is 0 Å². The van der Waals surface area contributed by atoms with Crippen LogP contribution in [0.25, 0.3) is 10.8 Å². The highest BCUT2D eigenvalue weighted by atomic mass is 16.3. The molecule has 2 rings (SSSR count). The molecule has 1 N–H and O–H groups in total. The smallest absolute Gasteiger partial charge is 0.119 e. The molecule has 0 saturated heterocycles. The average Bonchev–Trinajstić information content (AvgIpc) is 2.17. The molecular formula is C15H18O. The van der Waals surface area contributed by atoms with E-state index in [-0.39, 0.29) is 5.41 Å². The summed E-state index contributed by atoms with van der Waals surface area (Å²) in [7, 11) is 0. The van der Waals surface area contributed by atoms with Crippen molar-refractivity contribution in [1.82, 2.24) is 0 Å². The van der Waals surface area contributed by atoms with Crippen LogP contribution in [0.1, 0.15) is 31.9 Å². The van der Waals surface area contributed by atoms with Crippen molar-refractivity contribution < 1.29 is 5.11 Å². The van der Waals surface area contributed by atoms with E-state index in [1.807, 2.05) is 31.2 Å². The molecular weight excluding hydrogens is 196 g/mol. The summed E-state index contributed by atoms with van der Waals surface area (Å²) in [6.45, 7) is 8.53. The second-order valence-electron chi connectivity index (χ2n) is 5.37. The number of hydrogen-bond donors (Lipinski definition) is 1. The zero-order valence-electron chi connectivity index (χ0n) is 10.3. The molecule has 0 heterocycles. The number of aromatic hydroxyl groups is 1. The lowest BCUT2D eigenvalue weighted by molar-refractivity contribution is 0.467. The van der Waals surface area contributed by atoms with Crippen molar-refractivity contribution in [3.63, 3.8) is 0 Å². The Kier molecular flexibility index (Phi) is 2.42. The van der Waals surface area contributed by atoms with Gasteiger partial charge in [0.15, 0.2) is 0 Å². The summed E-state index contributed by atoms with van der Waals surface area (Å²) in [4.78, 5) is 0. The summed E-state index contributed by atoms with van der Waals surface area (Å²) >= 11 is 0. The van der Waals surface area contributed by atoms with Gasteiger partial charge in [-0.2, -0.15) is 0 Å². The maximum Gasteiger partial charge on any atom is 0.119 e. The highest BCUT2D eigenvalue weighted by Crippen LogP contribution is 2.37. The van der Waals surface area contributed by atoms with Gasteiger partial charge in [0.1, 0.15) is 5.75 Å². The van der Waals surface area contributed by atoms with Gasteiger partial charge >= 0.3 is 0 Å². The summed E-state index contributed by atoms with van der Waals surface area (Å²) in [5, 5.41) is 12.3. The molecule has 2 aromatic carbocycles. The molecule has 16 heavy (non-hydrogen) atoms. The Morgan fingerprint density at radius 2 is 1.69 bits per heavy atom. The first-order valence-corrected chi connectivity index (χ1v) is 5.63. The zero-order valence-corrected chi connectivity index (χ0v) is 10.3. The van der Waals surface area contributed by atoms with Gasteiger partial charge in [-0.05, 0) is 40.3 Å². The molecule has 0 saturated carbocycles. The maximum atomic E-state index is 9.96. The number of phenols is 1. The topological polar surface area (TPSA) is 20.2 Å². The van der Waals surface area contributed by atoms with Gasteiger partial charge < -0.3 is 5.11 Å². The molecule has 0 aliphatic rings. The van der Waals surface area contributed by atoms with Crippen LogP contribution in [0.3, 0.4) is 0 Å².